The molecule has 0 aliphatic heterocycles. The number of benzene rings is 1. The van der Waals surface area contributed by atoms with E-state index in [0.29, 0.717) is 30.2 Å². The molecular formula is C22H31ClO7. The number of esters is 1. The molecule has 0 unspecified atom stereocenters. The number of rotatable bonds is 10. The zero-order valence-corrected chi connectivity index (χ0v) is 18.2. The first-order valence-electron chi connectivity index (χ1n) is 10.3. The van der Waals surface area contributed by atoms with E-state index in [1.165, 1.54) is 0 Å². The molecule has 1 aliphatic rings. The summed E-state index contributed by atoms with van der Waals surface area (Å²) in [6.45, 7) is 4.09. The van der Waals surface area contributed by atoms with Crippen LogP contribution in [0.1, 0.15) is 51.5 Å². The molecule has 1 aromatic rings. The lowest BCUT2D eigenvalue weighted by molar-refractivity contribution is -0.208. The molecule has 0 spiro atoms. The monoisotopic (exact) mass is 442 g/mol. The van der Waals surface area contributed by atoms with Crippen LogP contribution >= 0.6 is 11.6 Å². The summed E-state index contributed by atoms with van der Waals surface area (Å²) >= 11 is 5.87. The summed E-state index contributed by atoms with van der Waals surface area (Å²) < 4.78 is 11.0. The normalized spacial score (nSPS) is 26.5. The predicted molar refractivity (Wildman–Crippen MR) is 111 cm³/mol. The van der Waals surface area contributed by atoms with Crippen LogP contribution in [0, 0.1) is 5.92 Å². The van der Waals surface area contributed by atoms with Crippen LogP contribution in [0.15, 0.2) is 24.3 Å². The van der Waals surface area contributed by atoms with Crippen molar-refractivity contribution in [1.82, 2.24) is 0 Å². The fourth-order valence-electron chi connectivity index (χ4n) is 3.53. The first kappa shape index (κ1) is 24.6. The van der Waals surface area contributed by atoms with Gasteiger partial charge in [0.15, 0.2) is 5.60 Å². The van der Waals surface area contributed by atoms with Gasteiger partial charge in [-0.3, -0.25) is 4.79 Å². The van der Waals surface area contributed by atoms with E-state index in [1.54, 1.807) is 12.1 Å². The van der Waals surface area contributed by atoms with Gasteiger partial charge in [-0.05, 0) is 42.9 Å². The van der Waals surface area contributed by atoms with Gasteiger partial charge in [-0.2, -0.15) is 0 Å². The van der Waals surface area contributed by atoms with Crippen molar-refractivity contribution >= 4 is 23.5 Å². The maximum absolute atomic E-state index is 12.1. The zero-order valence-electron chi connectivity index (χ0n) is 17.4. The Hall–Kier alpha value is -1.67. The maximum atomic E-state index is 12.1. The number of hydrogen-bond acceptors (Lipinski definition) is 6. The van der Waals surface area contributed by atoms with E-state index in [1.807, 2.05) is 26.0 Å². The number of carboxylic acids is 1. The Bertz CT molecular complexity index is 706. The zero-order chi connectivity index (χ0) is 22.3. The van der Waals surface area contributed by atoms with Gasteiger partial charge in [-0.1, -0.05) is 37.6 Å². The molecule has 3 N–H and O–H groups in total. The summed E-state index contributed by atoms with van der Waals surface area (Å²) in [5.41, 5.74) is -0.676. The second-order valence-electron chi connectivity index (χ2n) is 8.30. The Balaban J connectivity index is 1.97. The molecular weight excluding hydrogens is 412 g/mol. The second-order valence-corrected chi connectivity index (χ2v) is 8.74. The van der Waals surface area contributed by atoms with Crippen molar-refractivity contribution in [2.24, 2.45) is 5.92 Å². The van der Waals surface area contributed by atoms with Crippen molar-refractivity contribution in [2.75, 3.05) is 6.61 Å². The van der Waals surface area contributed by atoms with Gasteiger partial charge in [0.1, 0.15) is 12.2 Å². The van der Waals surface area contributed by atoms with E-state index in [0.717, 1.165) is 5.56 Å². The van der Waals surface area contributed by atoms with Crippen LogP contribution in [0.5, 0.6) is 0 Å². The van der Waals surface area contributed by atoms with Crippen molar-refractivity contribution in [1.29, 1.82) is 0 Å². The van der Waals surface area contributed by atoms with Crippen LogP contribution in [0.4, 0.5) is 0 Å². The average molecular weight is 443 g/mol. The van der Waals surface area contributed by atoms with Crippen LogP contribution in [0.25, 0.3) is 0 Å². The molecule has 1 aromatic carbocycles. The number of halogens is 1. The highest BCUT2D eigenvalue weighted by atomic mass is 35.5. The van der Waals surface area contributed by atoms with E-state index in [4.69, 9.17) is 21.1 Å². The summed E-state index contributed by atoms with van der Waals surface area (Å²) in [6.07, 6.45) is -2.32. The van der Waals surface area contributed by atoms with Gasteiger partial charge in [0.2, 0.25) is 0 Å². The highest BCUT2D eigenvalue weighted by molar-refractivity contribution is 6.30. The maximum Gasteiger partial charge on any atom is 0.336 e. The number of carbonyl (C=O) groups excluding carboxylic acids is 1. The molecule has 0 radical (unpaired) electrons. The lowest BCUT2D eigenvalue weighted by atomic mass is 9.79. The number of aliphatic carboxylic acids is 1. The van der Waals surface area contributed by atoms with Crippen molar-refractivity contribution in [3.05, 3.63) is 34.9 Å². The standard InChI is InChI=1S/C22H31ClO7/c1-14(2)5-10-19(25)30-18-13-22(21(27)28,12-17(24)20(18)26)29-11-3-4-15-6-8-16(23)9-7-15/h6-9,14,17-18,20,24,26H,3-5,10-13H2,1-2H3,(H,27,28)/t17-,18-,20-,22+/m1/s1. The molecule has 8 heteroatoms. The minimum Gasteiger partial charge on any atom is -0.479 e. The first-order valence-corrected chi connectivity index (χ1v) is 10.7. The Morgan fingerprint density at radius 3 is 2.47 bits per heavy atom. The van der Waals surface area contributed by atoms with Crippen molar-refractivity contribution in [3.8, 4) is 0 Å². The summed E-state index contributed by atoms with van der Waals surface area (Å²) in [6, 6.07) is 7.35. The van der Waals surface area contributed by atoms with E-state index < -0.39 is 35.9 Å². The molecule has 30 heavy (non-hydrogen) atoms. The van der Waals surface area contributed by atoms with E-state index in [2.05, 4.69) is 0 Å². The van der Waals surface area contributed by atoms with Gasteiger partial charge in [0.25, 0.3) is 0 Å². The van der Waals surface area contributed by atoms with Crippen molar-refractivity contribution < 1.29 is 34.4 Å². The minimum absolute atomic E-state index is 0.145. The Kier molecular flexibility index (Phi) is 9.09. The van der Waals surface area contributed by atoms with Gasteiger partial charge in [0, 0.05) is 30.9 Å². The molecule has 1 saturated carbocycles. The molecule has 0 aromatic heterocycles. The topological polar surface area (TPSA) is 113 Å². The predicted octanol–water partition coefficient (Wildman–Crippen LogP) is 2.98. The summed E-state index contributed by atoms with van der Waals surface area (Å²) in [5.74, 6) is -1.46. The number of ether oxygens (including phenoxy) is 2. The van der Waals surface area contributed by atoms with Crippen LogP contribution in [-0.4, -0.2) is 57.8 Å². The Morgan fingerprint density at radius 2 is 1.87 bits per heavy atom. The number of carboxylic acid groups (broad SMARTS) is 1. The van der Waals surface area contributed by atoms with E-state index in [-0.39, 0.29) is 25.9 Å². The number of aryl methyl sites for hydroxylation is 1. The Morgan fingerprint density at radius 1 is 1.20 bits per heavy atom. The fourth-order valence-corrected chi connectivity index (χ4v) is 3.66. The average Bonchev–Trinajstić information content (AvgIpc) is 2.68. The summed E-state index contributed by atoms with van der Waals surface area (Å²) in [5, 5.41) is 30.9. The highest BCUT2D eigenvalue weighted by Gasteiger charge is 2.52. The third-order valence-corrected chi connectivity index (χ3v) is 5.60. The van der Waals surface area contributed by atoms with Crippen molar-refractivity contribution in [2.45, 2.75) is 76.3 Å². The van der Waals surface area contributed by atoms with E-state index >= 15 is 0 Å². The second kappa shape index (κ2) is 11.1. The van der Waals surface area contributed by atoms with Crippen LogP contribution in [-0.2, 0) is 25.5 Å². The van der Waals surface area contributed by atoms with Crippen LogP contribution in [0.3, 0.4) is 0 Å². The molecule has 7 nitrogen and oxygen atoms in total. The van der Waals surface area contributed by atoms with Gasteiger partial charge in [-0.15, -0.1) is 0 Å². The molecule has 168 valence electrons. The SMILES string of the molecule is CC(C)CCC(=O)O[C@@H]1C[C@](OCCCc2ccc(Cl)cc2)(C(=O)O)C[C@@H](O)[C@H]1O. The van der Waals surface area contributed by atoms with Gasteiger partial charge in [-0.25, -0.2) is 4.79 Å². The third-order valence-electron chi connectivity index (χ3n) is 5.34. The highest BCUT2D eigenvalue weighted by Crippen LogP contribution is 2.35. The van der Waals surface area contributed by atoms with Crippen LogP contribution < -0.4 is 0 Å². The molecule has 1 aliphatic carbocycles. The quantitative estimate of drug-likeness (QED) is 0.377. The molecule has 2 rings (SSSR count). The van der Waals surface area contributed by atoms with Gasteiger partial charge < -0.3 is 24.8 Å². The largest absolute Gasteiger partial charge is 0.479 e. The molecule has 0 saturated heterocycles. The third kappa shape index (κ3) is 6.94. The summed E-state index contributed by atoms with van der Waals surface area (Å²) in [7, 11) is 0. The molecule has 0 heterocycles. The van der Waals surface area contributed by atoms with E-state index in [9.17, 15) is 24.9 Å². The number of hydrogen-bond donors (Lipinski definition) is 3. The lowest BCUT2D eigenvalue weighted by Gasteiger charge is -2.42. The lowest BCUT2D eigenvalue weighted by Crippen LogP contribution is -2.58. The van der Waals surface area contributed by atoms with Crippen LogP contribution in [0.2, 0.25) is 5.02 Å². The molecule has 1 fully saturated rings. The Labute approximate surface area is 182 Å². The first-order chi connectivity index (χ1) is 14.1. The smallest absolute Gasteiger partial charge is 0.336 e. The molecule has 0 amide bonds. The minimum atomic E-state index is -1.72. The van der Waals surface area contributed by atoms with Crippen molar-refractivity contribution in [3.63, 3.8) is 0 Å². The number of aliphatic hydroxyl groups excluding tert-OH is 2. The van der Waals surface area contributed by atoms with Gasteiger partial charge >= 0.3 is 11.9 Å². The number of aliphatic hydroxyl groups is 2. The molecule has 0 bridgehead atoms. The van der Waals surface area contributed by atoms with Gasteiger partial charge in [0.05, 0.1) is 6.10 Å². The fraction of sp³-hybridized carbons (Fsp3) is 0.636. The summed E-state index contributed by atoms with van der Waals surface area (Å²) in [4.78, 5) is 24.1. The number of carbonyl (C=O) groups is 2. The molecule has 4 atom stereocenters.